The molecule has 3 atom stereocenters. The van der Waals surface area contributed by atoms with E-state index in [0.29, 0.717) is 0 Å². The van der Waals surface area contributed by atoms with Crippen molar-refractivity contribution in [3.05, 3.63) is 60.7 Å². The standard InChI is InChI=1S/C33H49N2O2.ClH/c1-5-7-8-9-10-11-12-13-14-17-23-28(22-6-2)33(3)31(36)34(29-24-18-15-19-25-29)35(4,32(33)37)30-26-20-16-21-27-30;/h15-16,18-21,24-28H,5-14,17,22-23H2,1-4H3;1H/q+1;/p-1. The van der Waals surface area contributed by atoms with E-state index in [2.05, 4.69) is 13.8 Å². The van der Waals surface area contributed by atoms with E-state index in [1.807, 2.05) is 74.6 Å². The van der Waals surface area contributed by atoms with Crippen LogP contribution >= 0.6 is 0 Å². The number of unbranched alkanes of at least 4 members (excludes halogenated alkanes) is 9. The number of hydrogen-bond acceptors (Lipinski definition) is 2. The van der Waals surface area contributed by atoms with Gasteiger partial charge in [-0.3, -0.25) is 4.79 Å². The fourth-order valence-corrected chi connectivity index (χ4v) is 6.20. The lowest BCUT2D eigenvalue weighted by atomic mass is 9.71. The van der Waals surface area contributed by atoms with Gasteiger partial charge in [0.25, 0.3) is 5.91 Å². The van der Waals surface area contributed by atoms with Gasteiger partial charge in [0.1, 0.15) is 7.05 Å². The fraction of sp³-hybridized carbons (Fsp3) is 0.576. The molecule has 0 aliphatic carbocycles. The Hall–Kier alpha value is -2.17. The maximum Gasteiger partial charge on any atom is 0.359 e. The maximum atomic E-state index is 14.5. The zero-order valence-corrected chi connectivity index (χ0v) is 24.9. The molecule has 0 spiro atoms. The number of amides is 2. The molecule has 1 aliphatic rings. The first-order valence-corrected chi connectivity index (χ1v) is 14.8. The second kappa shape index (κ2) is 15.4. The molecule has 1 saturated heterocycles. The predicted octanol–water partition coefficient (Wildman–Crippen LogP) is 5.85. The normalized spacial score (nSPS) is 21.9. The Kier molecular flexibility index (Phi) is 13.0. The summed E-state index contributed by atoms with van der Waals surface area (Å²) in [6.07, 6.45) is 15.7. The van der Waals surface area contributed by atoms with Gasteiger partial charge < -0.3 is 12.4 Å². The van der Waals surface area contributed by atoms with Crippen LogP contribution in [0.5, 0.6) is 0 Å². The van der Waals surface area contributed by atoms with Gasteiger partial charge in [0, 0.05) is 12.1 Å². The summed E-state index contributed by atoms with van der Waals surface area (Å²) in [5.74, 6) is -0.0416. The summed E-state index contributed by atoms with van der Waals surface area (Å²) >= 11 is 0. The zero-order valence-electron chi connectivity index (χ0n) is 24.1. The average molecular weight is 541 g/mol. The van der Waals surface area contributed by atoms with Crippen LogP contribution in [0.25, 0.3) is 0 Å². The number of anilines is 1. The number of rotatable bonds is 16. The SMILES string of the molecule is CCCCCCCCCCCCC(CCC)C1(C)C(=O)N(c2ccccc2)[N+](C)(c2ccccc2)C1=O.[Cl-]. The minimum atomic E-state index is -1.05. The molecule has 1 heterocycles. The third kappa shape index (κ3) is 6.87. The molecule has 2 amide bonds. The smallest absolute Gasteiger partial charge is 0.359 e. The van der Waals surface area contributed by atoms with E-state index < -0.39 is 5.41 Å². The Morgan fingerprint density at radius 2 is 1.21 bits per heavy atom. The van der Waals surface area contributed by atoms with Gasteiger partial charge in [0.15, 0.2) is 11.1 Å². The molecule has 2 aromatic carbocycles. The van der Waals surface area contributed by atoms with Crippen molar-refractivity contribution in [3.8, 4) is 0 Å². The highest BCUT2D eigenvalue weighted by molar-refractivity contribution is 6.23. The van der Waals surface area contributed by atoms with Gasteiger partial charge >= 0.3 is 5.91 Å². The van der Waals surface area contributed by atoms with E-state index in [0.717, 1.165) is 37.1 Å². The second-order valence-electron chi connectivity index (χ2n) is 11.2. The molecule has 0 bridgehead atoms. The highest BCUT2D eigenvalue weighted by Crippen LogP contribution is 2.49. The molecule has 1 aliphatic heterocycles. The highest BCUT2D eigenvalue weighted by atomic mass is 35.5. The van der Waals surface area contributed by atoms with Gasteiger partial charge in [-0.15, -0.1) is 9.60 Å². The molecular weight excluding hydrogens is 492 g/mol. The van der Waals surface area contributed by atoms with Crippen molar-refractivity contribution in [1.29, 1.82) is 0 Å². The van der Waals surface area contributed by atoms with Crippen LogP contribution in [0.2, 0.25) is 0 Å². The summed E-state index contributed by atoms with van der Waals surface area (Å²) in [5, 5.41) is 1.73. The zero-order chi connectivity index (χ0) is 26.7. The van der Waals surface area contributed by atoms with Crippen LogP contribution in [0.4, 0.5) is 11.4 Å². The van der Waals surface area contributed by atoms with Crippen molar-refractivity contribution in [2.45, 2.75) is 104 Å². The highest BCUT2D eigenvalue weighted by Gasteiger charge is 2.69. The number of carbonyl (C=O) groups is 2. The van der Waals surface area contributed by atoms with E-state index in [9.17, 15) is 9.59 Å². The van der Waals surface area contributed by atoms with Crippen molar-refractivity contribution in [1.82, 2.24) is 4.59 Å². The van der Waals surface area contributed by atoms with Crippen LogP contribution in [-0.4, -0.2) is 18.9 Å². The lowest BCUT2D eigenvalue weighted by molar-refractivity contribution is -0.141. The van der Waals surface area contributed by atoms with Gasteiger partial charge in [0.2, 0.25) is 0 Å². The number of halogens is 1. The fourth-order valence-electron chi connectivity index (χ4n) is 6.20. The molecule has 1 fully saturated rings. The topological polar surface area (TPSA) is 37.4 Å². The Labute approximate surface area is 237 Å². The minimum absolute atomic E-state index is 0. The van der Waals surface area contributed by atoms with Crippen LogP contribution in [-0.2, 0) is 9.59 Å². The van der Waals surface area contributed by atoms with Crippen LogP contribution in [0.3, 0.4) is 0 Å². The summed E-state index contributed by atoms with van der Waals surface area (Å²) in [6.45, 7) is 6.36. The largest absolute Gasteiger partial charge is 1.00 e. The minimum Gasteiger partial charge on any atom is -1.00 e. The molecule has 0 N–H and O–H groups in total. The molecule has 2 aromatic rings. The Bertz CT molecular complexity index is 983. The van der Waals surface area contributed by atoms with Gasteiger partial charge in [-0.05, 0) is 37.8 Å². The Morgan fingerprint density at radius 3 is 1.74 bits per heavy atom. The first-order valence-electron chi connectivity index (χ1n) is 14.8. The second-order valence-corrected chi connectivity index (χ2v) is 11.2. The molecular formula is C33H49ClN2O2. The molecule has 3 unspecified atom stereocenters. The van der Waals surface area contributed by atoms with E-state index in [4.69, 9.17) is 0 Å². The number of quaternary nitrogens is 1. The number of hydrogen-bond donors (Lipinski definition) is 0. The van der Waals surface area contributed by atoms with Crippen LogP contribution in [0.15, 0.2) is 60.7 Å². The van der Waals surface area contributed by atoms with Gasteiger partial charge in [-0.2, -0.15) is 0 Å². The molecule has 0 saturated carbocycles. The molecule has 3 rings (SSSR count). The van der Waals surface area contributed by atoms with Crippen molar-refractivity contribution in [2.75, 3.05) is 12.1 Å². The molecule has 0 aromatic heterocycles. The molecule has 38 heavy (non-hydrogen) atoms. The van der Waals surface area contributed by atoms with Crippen LogP contribution in [0.1, 0.15) is 104 Å². The lowest BCUT2D eigenvalue weighted by Crippen LogP contribution is -3.00. The first-order chi connectivity index (χ1) is 17.9. The summed E-state index contributed by atoms with van der Waals surface area (Å²) in [5.41, 5.74) is 0.545. The van der Waals surface area contributed by atoms with Crippen molar-refractivity contribution in [2.24, 2.45) is 11.3 Å². The Balaban J connectivity index is 0.00000507. The number of nitrogens with zero attached hydrogens (tertiary/aromatic N) is 2. The average Bonchev–Trinajstić information content (AvgIpc) is 3.08. The maximum absolute atomic E-state index is 14.5. The molecule has 210 valence electrons. The van der Waals surface area contributed by atoms with E-state index in [1.54, 1.807) is 5.01 Å². The monoisotopic (exact) mass is 540 g/mol. The summed E-state index contributed by atoms with van der Waals surface area (Å²) in [4.78, 5) is 28.8. The Morgan fingerprint density at radius 1 is 0.711 bits per heavy atom. The van der Waals surface area contributed by atoms with Gasteiger partial charge in [0.05, 0.1) is 5.69 Å². The van der Waals surface area contributed by atoms with Crippen LogP contribution < -0.4 is 22.0 Å². The molecule has 4 nitrogen and oxygen atoms in total. The molecule has 0 radical (unpaired) electrons. The summed E-state index contributed by atoms with van der Waals surface area (Å²) in [6, 6.07) is 19.5. The predicted molar refractivity (Wildman–Crippen MR) is 156 cm³/mol. The first kappa shape index (κ1) is 32.0. The number of carbonyl (C=O) groups excluding carboxylic acids is 2. The van der Waals surface area contributed by atoms with E-state index >= 15 is 0 Å². The van der Waals surface area contributed by atoms with E-state index in [1.165, 1.54) is 57.8 Å². The summed E-state index contributed by atoms with van der Waals surface area (Å²) < 4.78 is -0.140. The third-order valence-electron chi connectivity index (χ3n) is 8.50. The van der Waals surface area contributed by atoms with Crippen molar-refractivity contribution < 1.29 is 22.0 Å². The van der Waals surface area contributed by atoms with Crippen molar-refractivity contribution >= 4 is 23.2 Å². The van der Waals surface area contributed by atoms with Crippen LogP contribution in [0, 0.1) is 11.3 Å². The number of benzene rings is 2. The summed E-state index contributed by atoms with van der Waals surface area (Å²) in [7, 11) is 1.89. The quantitative estimate of drug-likeness (QED) is 0.152. The van der Waals surface area contributed by atoms with Gasteiger partial charge in [-0.1, -0.05) is 121 Å². The van der Waals surface area contributed by atoms with Gasteiger partial charge in [-0.25, -0.2) is 4.79 Å². The molecule has 5 heteroatoms. The van der Waals surface area contributed by atoms with Crippen molar-refractivity contribution in [3.63, 3.8) is 0 Å². The third-order valence-corrected chi connectivity index (χ3v) is 8.50. The number of para-hydroxylation sites is 2. The lowest BCUT2D eigenvalue weighted by Gasteiger charge is -2.33. The van der Waals surface area contributed by atoms with E-state index in [-0.39, 0.29) is 34.7 Å².